The fraction of sp³-hybridized carbons (Fsp3) is 0.381. The molecule has 1 aliphatic rings. The number of aryl methyl sites for hydroxylation is 3. The lowest BCUT2D eigenvalue weighted by atomic mass is 9.88. The van der Waals surface area contributed by atoms with Crippen molar-refractivity contribution in [2.75, 3.05) is 0 Å². The van der Waals surface area contributed by atoms with Gasteiger partial charge in [0.05, 0.1) is 6.42 Å². The molecule has 0 heterocycles. The van der Waals surface area contributed by atoms with Gasteiger partial charge in [0.2, 0.25) is 0 Å². The lowest BCUT2D eigenvalue weighted by Gasteiger charge is -2.19. The molecule has 2 aromatic carbocycles. The van der Waals surface area contributed by atoms with Crippen molar-refractivity contribution in [3.05, 3.63) is 57.9 Å². The minimum Gasteiger partial charge on any atom is -0.481 e. The van der Waals surface area contributed by atoms with Crippen molar-refractivity contribution in [3.8, 4) is 11.1 Å². The molecule has 1 unspecified atom stereocenters. The third kappa shape index (κ3) is 4.08. The Balaban J connectivity index is 0.00000243. The number of hydrogen-bond acceptors (Lipinski definition) is 2. The van der Waals surface area contributed by atoms with Crippen LogP contribution in [0.25, 0.3) is 11.1 Å². The number of rotatable bonds is 5. The summed E-state index contributed by atoms with van der Waals surface area (Å²) in [6, 6.07) is 7.08. The fourth-order valence-electron chi connectivity index (χ4n) is 3.62. The second-order valence-electron chi connectivity index (χ2n) is 7.22. The maximum Gasteiger partial charge on any atom is 0.305 e. The third-order valence-corrected chi connectivity index (χ3v) is 4.89. The molecule has 1 fully saturated rings. The molecule has 0 radical (unpaired) electrons. The monoisotopic (exact) mass is 377 g/mol. The quantitative estimate of drug-likeness (QED) is 0.753. The van der Waals surface area contributed by atoms with E-state index in [1.807, 2.05) is 6.07 Å². The molecule has 0 aromatic heterocycles. The van der Waals surface area contributed by atoms with E-state index in [-0.39, 0.29) is 24.4 Å². The first-order chi connectivity index (χ1) is 11.8. The number of carbonyl (C=O) groups is 1. The summed E-state index contributed by atoms with van der Waals surface area (Å²) in [5, 5.41) is 8.99. The summed E-state index contributed by atoms with van der Waals surface area (Å²) in [6.45, 7) is 5.87. The Labute approximate surface area is 159 Å². The minimum atomic E-state index is -1.03. The number of carboxylic acid groups (broad SMARTS) is 1. The van der Waals surface area contributed by atoms with Crippen molar-refractivity contribution in [2.45, 2.75) is 52.0 Å². The van der Waals surface area contributed by atoms with E-state index in [4.69, 9.17) is 10.8 Å². The summed E-state index contributed by atoms with van der Waals surface area (Å²) in [4.78, 5) is 11.0. The summed E-state index contributed by atoms with van der Waals surface area (Å²) < 4.78 is 14.6. The number of benzene rings is 2. The summed E-state index contributed by atoms with van der Waals surface area (Å²) in [7, 11) is 0. The van der Waals surface area contributed by atoms with Crippen molar-refractivity contribution in [1.82, 2.24) is 0 Å². The van der Waals surface area contributed by atoms with E-state index in [1.165, 1.54) is 24.0 Å². The first-order valence-corrected chi connectivity index (χ1v) is 8.67. The van der Waals surface area contributed by atoms with Crippen LogP contribution in [0.2, 0.25) is 0 Å². The summed E-state index contributed by atoms with van der Waals surface area (Å²) in [5.41, 5.74) is 12.5. The molecule has 3 nitrogen and oxygen atoms in total. The van der Waals surface area contributed by atoms with E-state index in [2.05, 4.69) is 26.0 Å². The van der Waals surface area contributed by atoms with Gasteiger partial charge in [0.1, 0.15) is 5.82 Å². The van der Waals surface area contributed by atoms with Gasteiger partial charge in [-0.2, -0.15) is 0 Å². The summed E-state index contributed by atoms with van der Waals surface area (Å²) in [6.07, 6.45) is 2.07. The van der Waals surface area contributed by atoms with E-state index in [9.17, 15) is 9.18 Å². The van der Waals surface area contributed by atoms with Crippen LogP contribution in [0.15, 0.2) is 24.3 Å². The predicted octanol–water partition coefficient (Wildman–Crippen LogP) is 5.19. The summed E-state index contributed by atoms with van der Waals surface area (Å²) >= 11 is 0. The van der Waals surface area contributed by atoms with Crippen molar-refractivity contribution in [1.29, 1.82) is 0 Å². The molecule has 0 bridgehead atoms. The van der Waals surface area contributed by atoms with Crippen molar-refractivity contribution in [3.63, 3.8) is 0 Å². The Morgan fingerprint density at radius 2 is 1.85 bits per heavy atom. The van der Waals surface area contributed by atoms with Gasteiger partial charge in [0.15, 0.2) is 0 Å². The van der Waals surface area contributed by atoms with Gasteiger partial charge < -0.3 is 10.8 Å². The largest absolute Gasteiger partial charge is 0.481 e. The van der Waals surface area contributed by atoms with Gasteiger partial charge in [0.25, 0.3) is 0 Å². The number of nitrogens with two attached hydrogens (primary N) is 1. The smallest absolute Gasteiger partial charge is 0.305 e. The van der Waals surface area contributed by atoms with Gasteiger partial charge in [-0.15, -0.1) is 12.4 Å². The van der Waals surface area contributed by atoms with Gasteiger partial charge in [-0.05, 0) is 79.5 Å². The number of halogens is 2. The number of carboxylic acids is 1. The zero-order valence-electron chi connectivity index (χ0n) is 15.3. The third-order valence-electron chi connectivity index (χ3n) is 4.89. The van der Waals surface area contributed by atoms with Crippen LogP contribution < -0.4 is 5.73 Å². The first kappa shape index (κ1) is 20.4. The van der Waals surface area contributed by atoms with Gasteiger partial charge in [-0.25, -0.2) is 4.39 Å². The molecule has 3 rings (SSSR count). The Kier molecular flexibility index (Phi) is 6.09. The Morgan fingerprint density at radius 3 is 2.42 bits per heavy atom. The van der Waals surface area contributed by atoms with E-state index >= 15 is 0 Å². The highest BCUT2D eigenvalue weighted by molar-refractivity contribution is 5.85. The first-order valence-electron chi connectivity index (χ1n) is 8.67. The molecule has 0 saturated heterocycles. The SMILES string of the molecule is Cc1cc(C)c(-c2cc(C)c(F)c(C(N)CC(=O)O)c2)c(C2CC2)c1.Cl. The maximum atomic E-state index is 14.6. The van der Waals surface area contributed by atoms with E-state index in [0.717, 1.165) is 16.7 Å². The lowest BCUT2D eigenvalue weighted by Crippen LogP contribution is -2.17. The Hall–Kier alpha value is -1.91. The molecule has 1 atom stereocenters. The molecule has 1 aliphatic carbocycles. The lowest BCUT2D eigenvalue weighted by molar-refractivity contribution is -0.137. The van der Waals surface area contributed by atoms with Crippen molar-refractivity contribution >= 4 is 18.4 Å². The molecular weight excluding hydrogens is 353 g/mol. The number of hydrogen-bond donors (Lipinski definition) is 2. The van der Waals surface area contributed by atoms with E-state index in [1.54, 1.807) is 13.0 Å². The molecule has 5 heteroatoms. The van der Waals surface area contributed by atoms with Crippen LogP contribution in [-0.4, -0.2) is 11.1 Å². The van der Waals surface area contributed by atoms with E-state index in [0.29, 0.717) is 11.5 Å². The average Bonchev–Trinajstić information content (AvgIpc) is 3.33. The minimum absolute atomic E-state index is 0. The highest BCUT2D eigenvalue weighted by Gasteiger charge is 2.28. The van der Waals surface area contributed by atoms with E-state index < -0.39 is 17.8 Å². The molecule has 26 heavy (non-hydrogen) atoms. The van der Waals surface area contributed by atoms with Crippen LogP contribution >= 0.6 is 12.4 Å². The predicted molar refractivity (Wildman–Crippen MR) is 104 cm³/mol. The van der Waals surface area contributed by atoms with Gasteiger partial charge in [0, 0.05) is 11.6 Å². The number of aliphatic carboxylic acids is 1. The molecule has 0 spiro atoms. The molecule has 1 saturated carbocycles. The van der Waals surface area contributed by atoms with Crippen LogP contribution in [0.5, 0.6) is 0 Å². The van der Waals surface area contributed by atoms with Crippen LogP contribution in [-0.2, 0) is 4.79 Å². The molecule has 140 valence electrons. The normalized spacial score (nSPS) is 14.7. The van der Waals surface area contributed by atoms with Crippen LogP contribution in [0, 0.1) is 26.6 Å². The average molecular weight is 378 g/mol. The topological polar surface area (TPSA) is 63.3 Å². The fourth-order valence-corrected chi connectivity index (χ4v) is 3.62. The Bertz CT molecular complexity index is 846. The maximum absolute atomic E-state index is 14.6. The highest BCUT2D eigenvalue weighted by atomic mass is 35.5. The molecule has 0 amide bonds. The van der Waals surface area contributed by atoms with Gasteiger partial charge >= 0.3 is 5.97 Å². The molecule has 0 aliphatic heterocycles. The molecular formula is C21H25ClFNO2. The second kappa shape index (κ2) is 7.77. The van der Waals surface area contributed by atoms with Gasteiger partial charge in [-0.3, -0.25) is 4.79 Å². The summed E-state index contributed by atoms with van der Waals surface area (Å²) in [5.74, 6) is -0.870. The van der Waals surface area contributed by atoms with Crippen molar-refractivity contribution in [2.24, 2.45) is 5.73 Å². The standard InChI is InChI=1S/C21H24FNO2.ClH/c1-11-6-12(2)20(16(7-11)14-4-5-14)15-8-13(3)21(22)17(9-15)18(23)10-19(24)25;/h6-9,14,18H,4-5,10,23H2,1-3H3,(H,24,25);1H. The Morgan fingerprint density at radius 1 is 1.19 bits per heavy atom. The van der Waals surface area contributed by atoms with Crippen LogP contribution in [0.3, 0.4) is 0 Å². The van der Waals surface area contributed by atoms with Crippen molar-refractivity contribution < 1.29 is 14.3 Å². The molecule has 2 aromatic rings. The molecule has 3 N–H and O–H groups in total. The highest BCUT2D eigenvalue weighted by Crippen LogP contribution is 2.46. The van der Waals surface area contributed by atoms with Gasteiger partial charge in [-0.1, -0.05) is 17.7 Å². The zero-order chi connectivity index (χ0) is 18.3. The zero-order valence-corrected chi connectivity index (χ0v) is 16.1. The second-order valence-corrected chi connectivity index (χ2v) is 7.22. The van der Waals surface area contributed by atoms with Crippen LogP contribution in [0.1, 0.15) is 59.0 Å². The van der Waals surface area contributed by atoms with Crippen LogP contribution in [0.4, 0.5) is 4.39 Å².